The number of carbonyl (C=O) groups is 2. The highest BCUT2D eigenvalue weighted by Crippen LogP contribution is 2.47. The smallest absolute Gasteiger partial charge is 0.301 e. The molecule has 3 aromatic carbocycles. The van der Waals surface area contributed by atoms with E-state index < -0.39 is 17.7 Å². The highest BCUT2D eigenvalue weighted by atomic mass is 32.1. The summed E-state index contributed by atoms with van der Waals surface area (Å²) in [4.78, 5) is 33.0. The van der Waals surface area contributed by atoms with Crippen molar-refractivity contribution in [3.63, 3.8) is 0 Å². The molecule has 37 heavy (non-hydrogen) atoms. The number of hydrogen-bond donors (Lipinski definition) is 1. The van der Waals surface area contributed by atoms with Crippen molar-refractivity contribution in [3.05, 3.63) is 83.4 Å². The first-order valence-electron chi connectivity index (χ1n) is 11.6. The van der Waals surface area contributed by atoms with Gasteiger partial charge in [-0.3, -0.25) is 14.5 Å². The summed E-state index contributed by atoms with van der Waals surface area (Å²) in [7, 11) is 3.03. The van der Waals surface area contributed by atoms with E-state index in [0.717, 1.165) is 4.70 Å². The van der Waals surface area contributed by atoms with Crippen LogP contribution in [0, 0.1) is 0 Å². The first-order valence-corrected chi connectivity index (χ1v) is 12.4. The van der Waals surface area contributed by atoms with E-state index in [4.69, 9.17) is 14.2 Å². The van der Waals surface area contributed by atoms with Crippen LogP contribution in [0.1, 0.15) is 24.1 Å². The van der Waals surface area contributed by atoms with E-state index in [1.165, 1.54) is 30.5 Å². The number of rotatable bonds is 7. The molecule has 4 aromatic rings. The van der Waals surface area contributed by atoms with Crippen molar-refractivity contribution in [2.24, 2.45) is 0 Å². The zero-order chi connectivity index (χ0) is 26.1. The number of anilines is 1. The van der Waals surface area contributed by atoms with Gasteiger partial charge in [-0.1, -0.05) is 41.7 Å². The minimum atomic E-state index is -1.00. The van der Waals surface area contributed by atoms with Gasteiger partial charge in [-0.05, 0) is 43.3 Å². The summed E-state index contributed by atoms with van der Waals surface area (Å²) in [6.45, 7) is 2.41. The van der Waals surface area contributed by atoms with Crippen LogP contribution in [0.4, 0.5) is 5.13 Å². The highest BCUT2D eigenvalue weighted by molar-refractivity contribution is 7.22. The fourth-order valence-corrected chi connectivity index (χ4v) is 5.40. The molecule has 0 unspecified atom stereocenters. The molecule has 1 saturated heterocycles. The molecule has 1 aliphatic rings. The third-order valence-corrected chi connectivity index (χ3v) is 7.11. The minimum absolute atomic E-state index is 0.0583. The Balaban J connectivity index is 1.75. The largest absolute Gasteiger partial charge is 0.507 e. The van der Waals surface area contributed by atoms with Gasteiger partial charge in [0.1, 0.15) is 29.0 Å². The third kappa shape index (κ3) is 4.27. The number of ether oxygens (including phenoxy) is 3. The lowest BCUT2D eigenvalue weighted by atomic mass is 9.94. The topological polar surface area (TPSA) is 98.2 Å². The standard InChI is InChI=1S/C28H24N2O6S/c1-4-36-18-10-12-20-22(15-18)37-28(29-20)30-24(19-14-17(34-2)11-13-21(19)35-3)23(26(32)27(30)33)25(31)16-8-6-5-7-9-16/h5-15,24,31H,4H2,1-3H3/t24-/m0/s1. The van der Waals surface area contributed by atoms with Gasteiger partial charge in [-0.2, -0.15) is 0 Å². The number of carbonyl (C=O) groups excluding carboxylic acids is 2. The Morgan fingerprint density at radius 2 is 1.76 bits per heavy atom. The van der Waals surface area contributed by atoms with Crippen LogP contribution in [0.15, 0.2) is 72.3 Å². The van der Waals surface area contributed by atoms with Crippen LogP contribution >= 0.6 is 11.3 Å². The highest BCUT2D eigenvalue weighted by Gasteiger charge is 2.49. The first-order chi connectivity index (χ1) is 18.0. The SMILES string of the molecule is CCOc1ccc2nc(N3C(=O)C(=O)C(=C(O)c4ccccc4)[C@@H]3c3cc(OC)ccc3OC)sc2c1. The number of Topliss-reactive ketones (excluding diaryl/α,β-unsaturated/α-hetero) is 1. The number of methoxy groups -OCH3 is 2. The van der Waals surface area contributed by atoms with Gasteiger partial charge in [-0.25, -0.2) is 4.98 Å². The molecule has 8 nitrogen and oxygen atoms in total. The number of aliphatic hydroxyl groups excluding tert-OH is 1. The van der Waals surface area contributed by atoms with Gasteiger partial charge in [0.15, 0.2) is 5.13 Å². The lowest BCUT2D eigenvalue weighted by Crippen LogP contribution is -2.29. The Morgan fingerprint density at radius 3 is 2.46 bits per heavy atom. The number of ketones is 1. The van der Waals surface area contributed by atoms with Gasteiger partial charge in [-0.15, -0.1) is 0 Å². The molecule has 1 fully saturated rings. The Bertz CT molecular complexity index is 1530. The minimum Gasteiger partial charge on any atom is -0.507 e. The summed E-state index contributed by atoms with van der Waals surface area (Å²) in [6, 6.07) is 18.2. The maximum atomic E-state index is 13.5. The molecule has 0 bridgehead atoms. The lowest BCUT2D eigenvalue weighted by molar-refractivity contribution is -0.132. The predicted molar refractivity (Wildman–Crippen MR) is 142 cm³/mol. The van der Waals surface area contributed by atoms with Crippen LogP contribution in [0.25, 0.3) is 16.0 Å². The van der Waals surface area contributed by atoms with Crippen LogP contribution < -0.4 is 19.1 Å². The molecule has 9 heteroatoms. The number of thiazole rings is 1. The number of aliphatic hydroxyl groups is 1. The van der Waals surface area contributed by atoms with E-state index in [1.807, 2.05) is 19.1 Å². The summed E-state index contributed by atoms with van der Waals surface area (Å²) in [5, 5.41) is 11.6. The first kappa shape index (κ1) is 24.3. The number of nitrogens with zero attached hydrogens (tertiary/aromatic N) is 2. The van der Waals surface area contributed by atoms with E-state index in [1.54, 1.807) is 54.6 Å². The molecule has 1 N–H and O–H groups in total. The summed E-state index contributed by atoms with van der Waals surface area (Å²) in [5.74, 6) is -0.275. The number of hydrogen-bond acceptors (Lipinski definition) is 8. The lowest BCUT2D eigenvalue weighted by Gasteiger charge is -2.25. The quantitative estimate of drug-likeness (QED) is 0.201. The average Bonchev–Trinajstić information content (AvgIpc) is 3.46. The Hall–Kier alpha value is -4.37. The number of fused-ring (bicyclic) bond motifs is 1. The van der Waals surface area contributed by atoms with Crippen molar-refractivity contribution < 1.29 is 28.9 Å². The van der Waals surface area contributed by atoms with Crippen molar-refractivity contribution in [2.45, 2.75) is 13.0 Å². The maximum absolute atomic E-state index is 13.5. The molecule has 1 atom stereocenters. The van der Waals surface area contributed by atoms with E-state index in [0.29, 0.717) is 45.6 Å². The van der Waals surface area contributed by atoms with Crippen LogP contribution in [-0.2, 0) is 9.59 Å². The van der Waals surface area contributed by atoms with Gasteiger partial charge in [0, 0.05) is 11.1 Å². The second kappa shape index (κ2) is 9.94. The van der Waals surface area contributed by atoms with Crippen LogP contribution in [0.2, 0.25) is 0 Å². The van der Waals surface area contributed by atoms with Gasteiger partial charge < -0.3 is 19.3 Å². The normalized spacial score (nSPS) is 16.8. The van der Waals surface area contributed by atoms with E-state index in [2.05, 4.69) is 4.98 Å². The Labute approximate surface area is 217 Å². The molecule has 188 valence electrons. The van der Waals surface area contributed by atoms with Crippen molar-refractivity contribution in [2.75, 3.05) is 25.7 Å². The van der Waals surface area contributed by atoms with E-state index in [9.17, 15) is 14.7 Å². The van der Waals surface area contributed by atoms with Gasteiger partial charge in [0.05, 0.1) is 36.6 Å². The Morgan fingerprint density at radius 1 is 1.00 bits per heavy atom. The fraction of sp³-hybridized carbons (Fsp3) is 0.179. The molecule has 1 aliphatic heterocycles. The molecule has 5 rings (SSSR count). The van der Waals surface area contributed by atoms with Crippen molar-refractivity contribution >= 4 is 44.1 Å². The van der Waals surface area contributed by atoms with Crippen LogP contribution in [-0.4, -0.2) is 42.6 Å². The zero-order valence-electron chi connectivity index (χ0n) is 20.4. The molecular formula is C28H24N2O6S. The second-order valence-corrected chi connectivity index (χ2v) is 9.21. The van der Waals surface area contributed by atoms with Crippen molar-refractivity contribution in [1.29, 1.82) is 0 Å². The third-order valence-electron chi connectivity index (χ3n) is 6.09. The predicted octanol–water partition coefficient (Wildman–Crippen LogP) is 5.34. The monoisotopic (exact) mass is 516 g/mol. The molecule has 0 saturated carbocycles. The molecular weight excluding hydrogens is 492 g/mol. The van der Waals surface area contributed by atoms with E-state index in [-0.39, 0.29) is 11.3 Å². The molecule has 2 heterocycles. The zero-order valence-corrected chi connectivity index (χ0v) is 21.2. The van der Waals surface area contributed by atoms with Crippen molar-refractivity contribution in [1.82, 2.24) is 4.98 Å². The van der Waals surface area contributed by atoms with Gasteiger partial charge in [0.25, 0.3) is 5.78 Å². The Kier molecular flexibility index (Phi) is 6.54. The molecule has 1 aromatic heterocycles. The fourth-order valence-electron chi connectivity index (χ4n) is 4.38. The van der Waals surface area contributed by atoms with Crippen LogP contribution in [0.3, 0.4) is 0 Å². The summed E-state index contributed by atoms with van der Waals surface area (Å²) < 4.78 is 17.4. The summed E-state index contributed by atoms with van der Waals surface area (Å²) in [5.41, 5.74) is 1.49. The average molecular weight is 517 g/mol. The maximum Gasteiger partial charge on any atom is 0.301 e. The van der Waals surface area contributed by atoms with Crippen LogP contribution in [0.5, 0.6) is 17.2 Å². The number of amides is 1. The molecule has 0 aliphatic carbocycles. The molecule has 1 amide bonds. The molecule has 0 radical (unpaired) electrons. The molecule has 0 spiro atoms. The van der Waals surface area contributed by atoms with Gasteiger partial charge >= 0.3 is 5.91 Å². The van der Waals surface area contributed by atoms with E-state index >= 15 is 0 Å². The summed E-state index contributed by atoms with van der Waals surface area (Å²) >= 11 is 1.26. The second-order valence-electron chi connectivity index (χ2n) is 8.20. The van der Waals surface area contributed by atoms with Gasteiger partial charge in [0.2, 0.25) is 0 Å². The number of benzene rings is 3. The number of aromatic nitrogens is 1. The van der Waals surface area contributed by atoms with Crippen molar-refractivity contribution in [3.8, 4) is 17.2 Å². The summed E-state index contributed by atoms with van der Waals surface area (Å²) in [6.07, 6.45) is 0.